The maximum absolute atomic E-state index is 12.8. The molecule has 0 radical (unpaired) electrons. The smallest absolute Gasteiger partial charge is 0.306 e. The summed E-state index contributed by atoms with van der Waals surface area (Å²) in [6.07, 6.45) is 84.7. The Kier molecular flexibility index (Phi) is 56.4. The van der Waals surface area contributed by atoms with Gasteiger partial charge in [0.1, 0.15) is 13.2 Å². The topological polar surface area (TPSA) is 78.9 Å². The van der Waals surface area contributed by atoms with Gasteiger partial charge in [-0.3, -0.25) is 14.4 Å². The van der Waals surface area contributed by atoms with Crippen molar-refractivity contribution in [3.05, 3.63) is 134 Å². The summed E-state index contributed by atoms with van der Waals surface area (Å²) in [6, 6.07) is 0. The van der Waals surface area contributed by atoms with Crippen molar-refractivity contribution in [1.29, 1.82) is 0 Å². The zero-order valence-corrected chi connectivity index (χ0v) is 47.1. The first-order valence-electron chi connectivity index (χ1n) is 29.7. The number of carbonyl (C=O) groups is 3. The molecule has 6 nitrogen and oxygen atoms in total. The third-order valence-corrected chi connectivity index (χ3v) is 12.2. The van der Waals surface area contributed by atoms with Crippen LogP contribution in [0.2, 0.25) is 0 Å². The first-order valence-corrected chi connectivity index (χ1v) is 29.7. The third-order valence-electron chi connectivity index (χ3n) is 12.2. The highest BCUT2D eigenvalue weighted by Gasteiger charge is 2.19. The molecule has 0 amide bonds. The molecule has 0 N–H and O–H groups in total. The second-order valence-electron chi connectivity index (χ2n) is 19.1. The molecule has 0 aromatic carbocycles. The van der Waals surface area contributed by atoms with Crippen LogP contribution in [0.1, 0.15) is 252 Å². The Hall–Kier alpha value is -4.45. The standard InChI is InChI=1S/C67H108O6/c1-4-7-10-13-16-19-21-23-25-27-28-29-30-31-32-33-34-35-36-37-38-40-41-43-45-48-51-54-57-60-66(69)72-63-64(62-71-65(68)59-56-53-50-47-18-15-12-9-6-3)73-67(70)61-58-55-52-49-46-44-42-39-26-24-22-20-17-14-11-8-5-2/h7-8,10-11,16-17,19-20,23-26,28-29,31-32,34-35,42,44,49,52,64H,4-6,9,12-15,18,21-22,27,30,33,36-41,43,45-48,50-51,53-63H2,1-3H3/b10-7-,11-8-,19-16-,20-17-,25-23-,26-24-,29-28-,32-31-,35-34-,44-42-,52-49-. The van der Waals surface area contributed by atoms with E-state index < -0.39 is 6.10 Å². The van der Waals surface area contributed by atoms with Crippen LogP contribution in [0.4, 0.5) is 0 Å². The van der Waals surface area contributed by atoms with Crippen LogP contribution >= 0.6 is 0 Å². The van der Waals surface area contributed by atoms with Crippen molar-refractivity contribution in [3.63, 3.8) is 0 Å². The molecule has 0 aliphatic heterocycles. The summed E-state index contributed by atoms with van der Waals surface area (Å²) in [5.74, 6) is -0.973. The number of ether oxygens (including phenoxy) is 3. The number of rotatable bonds is 52. The van der Waals surface area contributed by atoms with Crippen molar-refractivity contribution in [2.24, 2.45) is 0 Å². The van der Waals surface area contributed by atoms with Crippen LogP contribution in [-0.4, -0.2) is 37.2 Å². The van der Waals surface area contributed by atoms with Gasteiger partial charge in [-0.2, -0.15) is 0 Å². The fourth-order valence-electron chi connectivity index (χ4n) is 7.78. The van der Waals surface area contributed by atoms with Crippen molar-refractivity contribution in [1.82, 2.24) is 0 Å². The molecule has 0 rings (SSSR count). The number of carbonyl (C=O) groups excluding carboxylic acids is 3. The highest BCUT2D eigenvalue weighted by Crippen LogP contribution is 2.14. The van der Waals surface area contributed by atoms with E-state index in [4.69, 9.17) is 14.2 Å². The summed E-state index contributed by atoms with van der Waals surface area (Å²) < 4.78 is 16.8. The van der Waals surface area contributed by atoms with Crippen LogP contribution in [0.25, 0.3) is 0 Å². The lowest BCUT2D eigenvalue weighted by Crippen LogP contribution is -2.30. The minimum absolute atomic E-state index is 0.104. The number of unbranched alkanes of at least 4 members (excludes halogenated alkanes) is 19. The third kappa shape index (κ3) is 58.3. The van der Waals surface area contributed by atoms with Gasteiger partial charge in [0, 0.05) is 19.3 Å². The first kappa shape index (κ1) is 68.6. The van der Waals surface area contributed by atoms with Crippen LogP contribution in [0.3, 0.4) is 0 Å². The molecule has 0 bridgehead atoms. The van der Waals surface area contributed by atoms with Crippen LogP contribution in [0.5, 0.6) is 0 Å². The highest BCUT2D eigenvalue weighted by atomic mass is 16.6. The van der Waals surface area contributed by atoms with E-state index in [0.29, 0.717) is 19.3 Å². The fourth-order valence-corrected chi connectivity index (χ4v) is 7.78. The number of allylic oxidation sites excluding steroid dienone is 22. The Labute approximate surface area is 449 Å². The first-order chi connectivity index (χ1) is 36.0. The molecule has 0 aromatic rings. The Morgan fingerprint density at radius 3 is 0.877 bits per heavy atom. The summed E-state index contributed by atoms with van der Waals surface area (Å²) in [7, 11) is 0. The summed E-state index contributed by atoms with van der Waals surface area (Å²) in [5.41, 5.74) is 0. The fraction of sp³-hybridized carbons (Fsp3) is 0.627. The Morgan fingerprint density at radius 2 is 0.548 bits per heavy atom. The van der Waals surface area contributed by atoms with Gasteiger partial charge in [0.05, 0.1) is 0 Å². The zero-order chi connectivity index (χ0) is 52.9. The van der Waals surface area contributed by atoms with E-state index in [1.54, 1.807) is 0 Å². The number of hydrogen-bond acceptors (Lipinski definition) is 6. The Morgan fingerprint density at radius 1 is 0.288 bits per heavy atom. The van der Waals surface area contributed by atoms with Gasteiger partial charge in [0.25, 0.3) is 0 Å². The van der Waals surface area contributed by atoms with Crippen molar-refractivity contribution in [3.8, 4) is 0 Å². The molecule has 73 heavy (non-hydrogen) atoms. The summed E-state index contributed by atoms with van der Waals surface area (Å²) >= 11 is 0. The lowest BCUT2D eigenvalue weighted by atomic mass is 10.1. The number of hydrogen-bond donors (Lipinski definition) is 0. The second-order valence-corrected chi connectivity index (χ2v) is 19.1. The van der Waals surface area contributed by atoms with Gasteiger partial charge in [-0.25, -0.2) is 0 Å². The molecule has 0 saturated heterocycles. The van der Waals surface area contributed by atoms with Gasteiger partial charge in [-0.15, -0.1) is 0 Å². The minimum atomic E-state index is -0.811. The van der Waals surface area contributed by atoms with Gasteiger partial charge < -0.3 is 14.2 Å². The van der Waals surface area contributed by atoms with E-state index in [-0.39, 0.29) is 37.5 Å². The maximum Gasteiger partial charge on any atom is 0.306 e. The van der Waals surface area contributed by atoms with Gasteiger partial charge in [-0.05, 0) is 109 Å². The molecular weight excluding hydrogens is 901 g/mol. The molecule has 412 valence electrons. The molecule has 1 unspecified atom stereocenters. The van der Waals surface area contributed by atoms with E-state index in [1.807, 2.05) is 0 Å². The van der Waals surface area contributed by atoms with E-state index in [9.17, 15) is 14.4 Å². The lowest BCUT2D eigenvalue weighted by Gasteiger charge is -2.18. The van der Waals surface area contributed by atoms with E-state index >= 15 is 0 Å². The summed E-state index contributed by atoms with van der Waals surface area (Å²) in [4.78, 5) is 38.0. The molecule has 6 heteroatoms. The molecule has 0 saturated carbocycles. The highest BCUT2D eigenvalue weighted by molar-refractivity contribution is 5.71. The predicted octanol–water partition coefficient (Wildman–Crippen LogP) is 20.2. The molecule has 0 heterocycles. The molecule has 0 aliphatic rings. The van der Waals surface area contributed by atoms with Gasteiger partial charge in [-0.1, -0.05) is 257 Å². The molecule has 0 spiro atoms. The SMILES string of the molecule is CC/C=C\C/C=C\C/C=C\C/C=C\C/C=C\C/C=C\CCCCCCCCCCCCC(=O)OCC(COC(=O)CCCCCCCCCCC)OC(=O)CCC/C=C\C/C=C\C/C=C\C/C=C\C/C=C\CC. The zero-order valence-electron chi connectivity index (χ0n) is 47.1. The second kappa shape index (κ2) is 60.1. The predicted molar refractivity (Wildman–Crippen MR) is 316 cm³/mol. The largest absolute Gasteiger partial charge is 0.462 e. The number of esters is 3. The molecule has 1 atom stereocenters. The van der Waals surface area contributed by atoms with Crippen LogP contribution in [0, 0.1) is 0 Å². The van der Waals surface area contributed by atoms with Gasteiger partial charge in [0.2, 0.25) is 0 Å². The maximum atomic E-state index is 12.8. The van der Waals surface area contributed by atoms with Crippen LogP contribution in [-0.2, 0) is 28.6 Å². The van der Waals surface area contributed by atoms with E-state index in [1.165, 1.54) is 89.9 Å². The van der Waals surface area contributed by atoms with Crippen LogP contribution < -0.4 is 0 Å². The minimum Gasteiger partial charge on any atom is -0.462 e. The van der Waals surface area contributed by atoms with Gasteiger partial charge in [0.15, 0.2) is 6.10 Å². The van der Waals surface area contributed by atoms with Crippen LogP contribution in [0.15, 0.2) is 134 Å². The molecular formula is C67H108O6. The Bertz CT molecular complexity index is 1580. The van der Waals surface area contributed by atoms with E-state index in [0.717, 1.165) is 116 Å². The average molecular weight is 1010 g/mol. The van der Waals surface area contributed by atoms with Crippen molar-refractivity contribution >= 4 is 17.9 Å². The van der Waals surface area contributed by atoms with Crippen molar-refractivity contribution < 1.29 is 28.6 Å². The van der Waals surface area contributed by atoms with Gasteiger partial charge >= 0.3 is 17.9 Å². The quantitative estimate of drug-likeness (QED) is 0.0261. The van der Waals surface area contributed by atoms with Crippen molar-refractivity contribution in [2.75, 3.05) is 13.2 Å². The molecule has 0 aromatic heterocycles. The summed E-state index contributed by atoms with van der Waals surface area (Å²) in [5, 5.41) is 0. The average Bonchev–Trinajstić information content (AvgIpc) is 3.39. The normalized spacial score (nSPS) is 13.1. The summed E-state index contributed by atoms with van der Waals surface area (Å²) in [6.45, 7) is 6.33. The molecule has 0 fully saturated rings. The Balaban J connectivity index is 4.29. The lowest BCUT2D eigenvalue weighted by molar-refractivity contribution is -0.167. The van der Waals surface area contributed by atoms with E-state index in [2.05, 4.69) is 154 Å². The molecule has 0 aliphatic carbocycles. The van der Waals surface area contributed by atoms with Crippen molar-refractivity contribution in [2.45, 2.75) is 258 Å². The monoisotopic (exact) mass is 1010 g/mol.